The second-order valence-electron chi connectivity index (χ2n) is 3.89. The molecule has 5 heteroatoms. The fourth-order valence-electron chi connectivity index (χ4n) is 1.56. The Balaban J connectivity index is 3.90. The van der Waals surface area contributed by atoms with Crippen molar-refractivity contribution < 1.29 is 13.3 Å². The first kappa shape index (κ1) is 16.1. The molecule has 0 fully saturated rings. The second kappa shape index (κ2) is 10.2. The molecule has 16 heavy (non-hydrogen) atoms. The maximum absolute atomic E-state index is 5.76. The van der Waals surface area contributed by atoms with Gasteiger partial charge < -0.3 is 19.0 Å². The summed E-state index contributed by atoms with van der Waals surface area (Å²) >= 11 is 0. The van der Waals surface area contributed by atoms with Gasteiger partial charge in [-0.1, -0.05) is 26.2 Å². The molecule has 0 aliphatic carbocycles. The van der Waals surface area contributed by atoms with Crippen LogP contribution >= 0.6 is 0 Å². The van der Waals surface area contributed by atoms with Crippen LogP contribution in [0.5, 0.6) is 0 Å². The third kappa shape index (κ3) is 6.60. The molecular weight excluding hydrogens is 222 g/mol. The van der Waals surface area contributed by atoms with Crippen LogP contribution in [0.3, 0.4) is 0 Å². The van der Waals surface area contributed by atoms with Crippen LogP contribution in [-0.2, 0) is 13.3 Å². The van der Waals surface area contributed by atoms with Crippen LogP contribution in [0.2, 0.25) is 6.04 Å². The van der Waals surface area contributed by atoms with Crippen molar-refractivity contribution in [1.82, 2.24) is 0 Å². The van der Waals surface area contributed by atoms with Gasteiger partial charge in [-0.2, -0.15) is 0 Å². The van der Waals surface area contributed by atoms with Gasteiger partial charge in [-0.15, -0.1) is 0 Å². The number of rotatable bonds is 11. The third-order valence-corrected chi connectivity index (χ3v) is 5.48. The van der Waals surface area contributed by atoms with E-state index in [1.54, 1.807) is 14.2 Å². The minimum Gasteiger partial charge on any atom is -0.377 e. The van der Waals surface area contributed by atoms with E-state index in [4.69, 9.17) is 19.0 Å². The Morgan fingerprint density at radius 1 is 1.00 bits per heavy atom. The molecular formula is C11H27NO3Si. The predicted octanol–water partition coefficient (Wildman–Crippen LogP) is 2.16. The Morgan fingerprint density at radius 2 is 1.69 bits per heavy atom. The smallest absolute Gasteiger partial charge is 0.377 e. The molecule has 0 amide bonds. The average Bonchev–Trinajstić information content (AvgIpc) is 2.33. The summed E-state index contributed by atoms with van der Waals surface area (Å²) < 4.78 is 16.7. The summed E-state index contributed by atoms with van der Waals surface area (Å²) in [4.78, 5) is 0. The van der Waals surface area contributed by atoms with Gasteiger partial charge in [-0.05, 0) is 19.4 Å². The van der Waals surface area contributed by atoms with E-state index >= 15 is 0 Å². The van der Waals surface area contributed by atoms with E-state index < -0.39 is 8.80 Å². The van der Waals surface area contributed by atoms with Crippen molar-refractivity contribution in [3.05, 3.63) is 0 Å². The first-order valence-corrected chi connectivity index (χ1v) is 8.12. The van der Waals surface area contributed by atoms with Crippen LogP contribution in [0.1, 0.15) is 39.0 Å². The van der Waals surface area contributed by atoms with Crippen molar-refractivity contribution in [3.63, 3.8) is 0 Å². The number of hydrogen-bond acceptors (Lipinski definition) is 4. The summed E-state index contributed by atoms with van der Waals surface area (Å²) in [6.07, 6.45) is 5.70. The zero-order chi connectivity index (χ0) is 12.3. The van der Waals surface area contributed by atoms with Crippen LogP contribution in [0, 0.1) is 0 Å². The van der Waals surface area contributed by atoms with Gasteiger partial charge in [0.2, 0.25) is 0 Å². The van der Waals surface area contributed by atoms with E-state index in [1.165, 1.54) is 19.3 Å². The van der Waals surface area contributed by atoms with Gasteiger partial charge in [0.1, 0.15) is 0 Å². The molecule has 0 heterocycles. The fraction of sp³-hybridized carbons (Fsp3) is 1.00. The first-order valence-electron chi connectivity index (χ1n) is 6.19. The lowest BCUT2D eigenvalue weighted by molar-refractivity contribution is 0.0969. The molecule has 0 unspecified atom stereocenters. The molecule has 0 aromatic rings. The normalized spacial score (nSPS) is 12.0. The summed E-state index contributed by atoms with van der Waals surface area (Å²) in [5.74, 6) is 0. The Bertz CT molecular complexity index is 154. The standard InChI is InChI=1S/C11H27NO3Si/c1-4-5-6-7-11-16(13-2,14-3)15-10-8-9-12/h4-12H2,1-3H3. The second-order valence-corrected chi connectivity index (χ2v) is 6.86. The quantitative estimate of drug-likeness (QED) is 0.450. The lowest BCUT2D eigenvalue weighted by Crippen LogP contribution is -2.44. The van der Waals surface area contributed by atoms with Crippen LogP contribution in [0.4, 0.5) is 0 Å². The highest BCUT2D eigenvalue weighted by atomic mass is 28.4. The molecule has 0 aromatic carbocycles. The Labute approximate surface area is 101 Å². The molecule has 2 N–H and O–H groups in total. The van der Waals surface area contributed by atoms with E-state index in [0.717, 1.165) is 18.9 Å². The lowest BCUT2D eigenvalue weighted by atomic mass is 10.2. The summed E-state index contributed by atoms with van der Waals surface area (Å²) in [6, 6.07) is 0.907. The number of nitrogens with two attached hydrogens (primary N) is 1. The SMILES string of the molecule is CCCCCC[Si](OC)(OC)OCCCN. The molecule has 0 saturated carbocycles. The van der Waals surface area contributed by atoms with Crippen molar-refractivity contribution in [2.24, 2.45) is 5.73 Å². The highest BCUT2D eigenvalue weighted by Crippen LogP contribution is 2.18. The molecule has 98 valence electrons. The van der Waals surface area contributed by atoms with Crippen molar-refractivity contribution in [2.45, 2.75) is 45.1 Å². The molecule has 0 aliphatic rings. The molecule has 0 saturated heterocycles. The Kier molecular flexibility index (Phi) is 10.3. The summed E-state index contributed by atoms with van der Waals surface area (Å²) in [7, 11) is 0.971. The van der Waals surface area contributed by atoms with Crippen LogP contribution in [-0.4, -0.2) is 36.2 Å². The molecule has 0 spiro atoms. The van der Waals surface area contributed by atoms with Gasteiger partial charge in [0.05, 0.1) is 0 Å². The van der Waals surface area contributed by atoms with E-state index in [1.807, 2.05) is 0 Å². The Morgan fingerprint density at radius 3 is 2.19 bits per heavy atom. The van der Waals surface area contributed by atoms with Gasteiger partial charge in [0.25, 0.3) is 0 Å². The topological polar surface area (TPSA) is 53.7 Å². The maximum Gasteiger partial charge on any atom is 0.500 e. The highest BCUT2D eigenvalue weighted by molar-refractivity contribution is 6.60. The molecule has 0 aliphatic heterocycles. The van der Waals surface area contributed by atoms with Gasteiger partial charge in [0.15, 0.2) is 0 Å². The highest BCUT2D eigenvalue weighted by Gasteiger charge is 2.37. The largest absolute Gasteiger partial charge is 0.500 e. The molecule has 4 nitrogen and oxygen atoms in total. The van der Waals surface area contributed by atoms with Gasteiger partial charge in [0, 0.05) is 26.9 Å². The van der Waals surface area contributed by atoms with Gasteiger partial charge in [-0.25, -0.2) is 0 Å². The summed E-state index contributed by atoms with van der Waals surface area (Å²) in [6.45, 7) is 3.49. The zero-order valence-corrected chi connectivity index (χ0v) is 12.0. The van der Waals surface area contributed by atoms with Gasteiger partial charge in [-0.3, -0.25) is 0 Å². The van der Waals surface area contributed by atoms with Crippen molar-refractivity contribution in [2.75, 3.05) is 27.4 Å². The Hall–Kier alpha value is 0.0569. The predicted molar refractivity (Wildman–Crippen MR) is 68.3 cm³/mol. The number of unbranched alkanes of at least 4 members (excludes halogenated alkanes) is 3. The van der Waals surface area contributed by atoms with E-state index in [2.05, 4.69) is 6.92 Å². The van der Waals surface area contributed by atoms with E-state index in [0.29, 0.717) is 13.2 Å². The van der Waals surface area contributed by atoms with Gasteiger partial charge >= 0.3 is 8.80 Å². The van der Waals surface area contributed by atoms with E-state index in [-0.39, 0.29) is 0 Å². The average molecular weight is 249 g/mol. The molecule has 0 radical (unpaired) electrons. The maximum atomic E-state index is 5.76. The van der Waals surface area contributed by atoms with Crippen molar-refractivity contribution >= 4 is 8.80 Å². The van der Waals surface area contributed by atoms with Crippen molar-refractivity contribution in [1.29, 1.82) is 0 Å². The minimum atomic E-state index is -2.39. The molecule has 0 rings (SSSR count). The first-order chi connectivity index (χ1) is 7.74. The molecule has 0 bridgehead atoms. The molecule has 0 atom stereocenters. The summed E-state index contributed by atoms with van der Waals surface area (Å²) in [5.41, 5.74) is 5.43. The summed E-state index contributed by atoms with van der Waals surface area (Å²) in [5, 5.41) is 0. The van der Waals surface area contributed by atoms with Crippen molar-refractivity contribution in [3.8, 4) is 0 Å². The number of hydrogen-bond donors (Lipinski definition) is 1. The van der Waals surface area contributed by atoms with Crippen LogP contribution in [0.25, 0.3) is 0 Å². The van der Waals surface area contributed by atoms with E-state index in [9.17, 15) is 0 Å². The lowest BCUT2D eigenvalue weighted by Gasteiger charge is -2.26. The third-order valence-electron chi connectivity index (χ3n) is 2.63. The zero-order valence-electron chi connectivity index (χ0n) is 11.0. The fourth-order valence-corrected chi connectivity index (χ4v) is 3.65. The minimum absolute atomic E-state index is 0.637. The van der Waals surface area contributed by atoms with Crippen LogP contribution in [0.15, 0.2) is 0 Å². The molecule has 0 aromatic heterocycles. The van der Waals surface area contributed by atoms with Crippen LogP contribution < -0.4 is 5.73 Å². The monoisotopic (exact) mass is 249 g/mol.